The number of rotatable bonds is 16. The van der Waals surface area contributed by atoms with E-state index in [9.17, 15) is 44.1 Å². The average molecular weight is 609 g/mol. The molecule has 1 aliphatic heterocycles. The minimum atomic E-state index is -2.96. The standard InChI is InChI=1S/C25H32N6O12/c26-24(27)28-6-1-2-13-20(36)31-15(21(37)30-13)8-12-3-4-16(32)17(9-12)43-7-5-14(22(38)39)29-18(33)10-25(42,23(40)41)11-19(34)35/h3-4,8-9,13-14,32,42H,1-2,5-7,10-11H2,(H,29,33)(H,30,37)(H,31,36)(H,34,35)(H,38,39)(H,40,41)(H4,26,27,28). The van der Waals surface area contributed by atoms with Crippen molar-refractivity contribution in [2.24, 2.45) is 16.5 Å². The molecule has 3 amide bonds. The monoisotopic (exact) mass is 608 g/mol. The number of hydrogen-bond donors (Lipinski definition) is 10. The van der Waals surface area contributed by atoms with Crippen LogP contribution in [0.4, 0.5) is 0 Å². The number of carboxylic acids is 3. The zero-order chi connectivity index (χ0) is 32.3. The van der Waals surface area contributed by atoms with Gasteiger partial charge in [0.25, 0.3) is 5.91 Å². The number of carbonyl (C=O) groups excluding carboxylic acids is 3. The maximum atomic E-state index is 12.5. The van der Waals surface area contributed by atoms with Crippen molar-refractivity contribution < 1.29 is 59.0 Å². The molecule has 0 radical (unpaired) electrons. The summed E-state index contributed by atoms with van der Waals surface area (Å²) in [6, 6.07) is 1.52. The smallest absolute Gasteiger partial charge is 0.336 e. The van der Waals surface area contributed by atoms with Crippen LogP contribution in [0.25, 0.3) is 6.08 Å². The number of nitrogens with zero attached hydrogens (tertiary/aromatic N) is 1. The number of carbonyl (C=O) groups is 6. The van der Waals surface area contributed by atoms with E-state index in [1.165, 1.54) is 24.3 Å². The highest BCUT2D eigenvalue weighted by Crippen LogP contribution is 2.28. The van der Waals surface area contributed by atoms with Crippen molar-refractivity contribution in [1.82, 2.24) is 16.0 Å². The minimum absolute atomic E-state index is 0.0833. The van der Waals surface area contributed by atoms with Gasteiger partial charge in [-0.25, -0.2) is 9.59 Å². The topological polar surface area (TPSA) is 313 Å². The Morgan fingerprint density at radius 3 is 2.44 bits per heavy atom. The van der Waals surface area contributed by atoms with Crippen LogP contribution < -0.4 is 32.2 Å². The molecule has 1 aromatic carbocycles. The third-order valence-corrected chi connectivity index (χ3v) is 5.96. The number of hydrogen-bond acceptors (Lipinski definition) is 10. The van der Waals surface area contributed by atoms with Gasteiger partial charge < -0.3 is 57.7 Å². The Kier molecular flexibility index (Phi) is 11.8. The van der Waals surface area contributed by atoms with Crippen LogP contribution >= 0.6 is 0 Å². The van der Waals surface area contributed by atoms with E-state index in [1.807, 2.05) is 5.32 Å². The second-order valence-corrected chi connectivity index (χ2v) is 9.43. The lowest BCUT2D eigenvalue weighted by Crippen LogP contribution is -2.54. The second-order valence-electron chi connectivity index (χ2n) is 9.43. The van der Waals surface area contributed by atoms with Crippen LogP contribution in [0.2, 0.25) is 0 Å². The Morgan fingerprint density at radius 1 is 1.14 bits per heavy atom. The number of benzene rings is 1. The summed E-state index contributed by atoms with van der Waals surface area (Å²) < 4.78 is 5.43. The highest BCUT2D eigenvalue weighted by Gasteiger charge is 2.41. The van der Waals surface area contributed by atoms with Gasteiger partial charge in [-0.3, -0.25) is 24.2 Å². The number of aliphatic imine (C=N–C) groups is 1. The Balaban J connectivity index is 2.01. The molecular weight excluding hydrogens is 576 g/mol. The van der Waals surface area contributed by atoms with Gasteiger partial charge in [0.15, 0.2) is 23.1 Å². The Bertz CT molecular complexity index is 1330. The van der Waals surface area contributed by atoms with Gasteiger partial charge in [-0.2, -0.15) is 0 Å². The summed E-state index contributed by atoms with van der Waals surface area (Å²) in [6.07, 6.45) is -0.862. The second kappa shape index (κ2) is 15.0. The molecule has 18 heteroatoms. The number of nitrogens with two attached hydrogens (primary N) is 2. The van der Waals surface area contributed by atoms with Crippen LogP contribution in [0, 0.1) is 0 Å². The molecule has 3 unspecified atom stereocenters. The molecule has 18 nitrogen and oxygen atoms in total. The number of phenols is 1. The first-order valence-electron chi connectivity index (χ1n) is 12.7. The maximum absolute atomic E-state index is 12.5. The predicted molar refractivity (Wildman–Crippen MR) is 145 cm³/mol. The number of aliphatic carboxylic acids is 3. The van der Waals surface area contributed by atoms with Crippen molar-refractivity contribution in [1.29, 1.82) is 0 Å². The fourth-order valence-corrected chi connectivity index (χ4v) is 3.81. The molecule has 1 aliphatic rings. The number of guanidine groups is 1. The van der Waals surface area contributed by atoms with Crippen molar-refractivity contribution in [2.75, 3.05) is 13.2 Å². The molecule has 1 aromatic rings. The van der Waals surface area contributed by atoms with Gasteiger partial charge in [-0.05, 0) is 36.6 Å². The molecule has 0 saturated carbocycles. The van der Waals surface area contributed by atoms with Crippen molar-refractivity contribution in [3.63, 3.8) is 0 Å². The van der Waals surface area contributed by atoms with Gasteiger partial charge in [0.2, 0.25) is 11.8 Å². The zero-order valence-electron chi connectivity index (χ0n) is 22.6. The van der Waals surface area contributed by atoms with Crippen LogP contribution in [0.5, 0.6) is 11.5 Å². The number of aliphatic hydroxyl groups is 1. The molecule has 234 valence electrons. The van der Waals surface area contributed by atoms with E-state index >= 15 is 0 Å². The van der Waals surface area contributed by atoms with Gasteiger partial charge in [0.1, 0.15) is 17.8 Å². The predicted octanol–water partition coefficient (Wildman–Crippen LogP) is -2.58. The summed E-state index contributed by atoms with van der Waals surface area (Å²) in [5.74, 6) is -8.04. The lowest BCUT2D eigenvalue weighted by molar-refractivity contribution is -0.167. The van der Waals surface area contributed by atoms with E-state index < -0.39 is 66.2 Å². The number of piperazine rings is 1. The highest BCUT2D eigenvalue weighted by atomic mass is 16.5. The quantitative estimate of drug-likeness (QED) is 0.0399. The first kappa shape index (κ1) is 33.8. The first-order chi connectivity index (χ1) is 20.1. The van der Waals surface area contributed by atoms with Crippen molar-refractivity contribution in [3.05, 3.63) is 29.5 Å². The SMILES string of the molecule is NC(N)=NCCCC1NC(=O)C(=Cc2ccc(O)c(OCCC(NC(=O)CC(O)(CC(=O)O)C(=O)O)C(=O)O)c2)NC1=O. The number of ether oxygens (including phenoxy) is 1. The van der Waals surface area contributed by atoms with Gasteiger partial charge in [0.05, 0.1) is 19.4 Å². The van der Waals surface area contributed by atoms with Crippen molar-refractivity contribution >= 4 is 47.7 Å². The van der Waals surface area contributed by atoms with Crippen LogP contribution in [-0.2, 0) is 28.8 Å². The van der Waals surface area contributed by atoms with Crippen LogP contribution in [0.15, 0.2) is 28.9 Å². The molecule has 0 aliphatic carbocycles. The maximum Gasteiger partial charge on any atom is 0.336 e. The third kappa shape index (κ3) is 10.5. The fourth-order valence-electron chi connectivity index (χ4n) is 3.81. The summed E-state index contributed by atoms with van der Waals surface area (Å²) >= 11 is 0. The highest BCUT2D eigenvalue weighted by molar-refractivity contribution is 6.07. The summed E-state index contributed by atoms with van der Waals surface area (Å²) in [4.78, 5) is 74.6. The summed E-state index contributed by atoms with van der Waals surface area (Å²) in [5.41, 5.74) is 7.78. The summed E-state index contributed by atoms with van der Waals surface area (Å²) in [7, 11) is 0. The molecule has 0 spiro atoms. The van der Waals surface area contributed by atoms with Crippen molar-refractivity contribution in [2.45, 2.75) is 49.8 Å². The van der Waals surface area contributed by atoms with E-state index in [4.69, 9.17) is 26.4 Å². The normalized spacial score (nSPS) is 17.5. The van der Waals surface area contributed by atoms with Crippen LogP contribution in [0.3, 0.4) is 0 Å². The van der Waals surface area contributed by atoms with Gasteiger partial charge in [-0.15, -0.1) is 0 Å². The van der Waals surface area contributed by atoms with Crippen molar-refractivity contribution in [3.8, 4) is 11.5 Å². The molecular formula is C25H32N6O12. The Morgan fingerprint density at radius 2 is 1.84 bits per heavy atom. The minimum Gasteiger partial charge on any atom is -0.504 e. The Labute approximate surface area is 243 Å². The zero-order valence-corrected chi connectivity index (χ0v) is 22.6. The van der Waals surface area contributed by atoms with Crippen LogP contribution in [0.1, 0.15) is 37.7 Å². The Hall–Kier alpha value is -5.39. The average Bonchev–Trinajstić information content (AvgIpc) is 2.89. The van der Waals surface area contributed by atoms with E-state index in [1.54, 1.807) is 0 Å². The van der Waals surface area contributed by atoms with Gasteiger partial charge >= 0.3 is 17.9 Å². The molecule has 1 fully saturated rings. The third-order valence-electron chi connectivity index (χ3n) is 5.96. The molecule has 12 N–H and O–H groups in total. The number of phenolic OH excluding ortho intramolecular Hbond substituents is 1. The number of nitrogens with one attached hydrogen (secondary N) is 3. The van der Waals surface area contributed by atoms with E-state index in [0.29, 0.717) is 18.4 Å². The lowest BCUT2D eigenvalue weighted by atomic mass is 9.95. The van der Waals surface area contributed by atoms with Gasteiger partial charge in [0, 0.05) is 13.0 Å². The van der Waals surface area contributed by atoms with E-state index in [-0.39, 0.29) is 42.7 Å². The molecule has 43 heavy (non-hydrogen) atoms. The van der Waals surface area contributed by atoms with E-state index in [0.717, 1.165) is 0 Å². The molecule has 1 saturated heterocycles. The van der Waals surface area contributed by atoms with Gasteiger partial charge in [-0.1, -0.05) is 6.07 Å². The molecule has 0 bridgehead atoms. The largest absolute Gasteiger partial charge is 0.504 e. The number of carboxylic acid groups (broad SMARTS) is 3. The van der Waals surface area contributed by atoms with E-state index in [2.05, 4.69) is 15.6 Å². The number of amides is 3. The summed E-state index contributed by atoms with van der Waals surface area (Å²) in [6.45, 7) is -0.108. The molecule has 3 atom stereocenters. The molecule has 2 rings (SSSR count). The lowest BCUT2D eigenvalue weighted by Gasteiger charge is -2.25. The van der Waals surface area contributed by atoms with Crippen LogP contribution in [-0.4, -0.2) is 98.0 Å². The molecule has 1 heterocycles. The first-order valence-corrected chi connectivity index (χ1v) is 12.7. The number of aromatic hydroxyl groups is 1. The molecule has 0 aromatic heterocycles. The summed E-state index contributed by atoms with van der Waals surface area (Å²) in [5, 5.41) is 54.5. The fraction of sp³-hybridized carbons (Fsp3) is 0.400.